The quantitative estimate of drug-likeness (QED) is 0.181. The zero-order chi connectivity index (χ0) is 25.7. The molecular formula is C30H19BrN2O4. The molecule has 3 amide bonds. The van der Waals surface area contributed by atoms with Gasteiger partial charge in [0.1, 0.15) is 6.04 Å². The summed E-state index contributed by atoms with van der Waals surface area (Å²) in [5.74, 6) is -1.43. The normalized spacial score (nSPS) is 18.1. The van der Waals surface area contributed by atoms with Crippen molar-refractivity contribution in [3.63, 3.8) is 0 Å². The summed E-state index contributed by atoms with van der Waals surface area (Å²) in [5.41, 5.74) is 2.50. The number of anilines is 1. The van der Waals surface area contributed by atoms with E-state index in [4.69, 9.17) is 0 Å². The fourth-order valence-corrected chi connectivity index (χ4v) is 5.13. The number of carbonyl (C=O) groups excluding carboxylic acids is 4. The van der Waals surface area contributed by atoms with E-state index in [1.807, 2.05) is 36.4 Å². The molecule has 2 heterocycles. The molecule has 6 rings (SSSR count). The number of halogens is 1. The second kappa shape index (κ2) is 8.94. The molecule has 4 aromatic carbocycles. The molecule has 0 unspecified atom stereocenters. The van der Waals surface area contributed by atoms with Crippen molar-refractivity contribution in [2.45, 2.75) is 12.1 Å². The molecule has 0 aromatic heterocycles. The Hall–Kier alpha value is -4.36. The van der Waals surface area contributed by atoms with Crippen molar-refractivity contribution < 1.29 is 19.2 Å². The Labute approximate surface area is 221 Å². The second-order valence-electron chi connectivity index (χ2n) is 8.93. The number of benzene rings is 4. The number of hydrogen-bond donors (Lipinski definition) is 0. The average Bonchev–Trinajstić information content (AvgIpc) is 3.64. The first-order valence-corrected chi connectivity index (χ1v) is 12.5. The Bertz CT molecular complexity index is 1570. The van der Waals surface area contributed by atoms with Gasteiger partial charge in [-0.1, -0.05) is 76.6 Å². The highest BCUT2D eigenvalue weighted by Crippen LogP contribution is 2.46. The predicted molar refractivity (Wildman–Crippen MR) is 142 cm³/mol. The summed E-state index contributed by atoms with van der Waals surface area (Å²) in [7, 11) is 0. The zero-order valence-electron chi connectivity index (χ0n) is 19.4. The van der Waals surface area contributed by atoms with Crippen LogP contribution in [0.1, 0.15) is 53.0 Å². The molecule has 0 saturated carbocycles. The van der Waals surface area contributed by atoms with Crippen LogP contribution in [-0.4, -0.2) is 34.4 Å². The van der Waals surface area contributed by atoms with Crippen molar-refractivity contribution in [2.24, 2.45) is 0 Å². The number of Topliss-reactive ketones (excluding diaryl/α,β-unsaturated/α-hetero) is 1. The molecule has 37 heavy (non-hydrogen) atoms. The Morgan fingerprint density at radius 2 is 1.30 bits per heavy atom. The van der Waals surface area contributed by atoms with Crippen LogP contribution < -0.4 is 4.90 Å². The number of rotatable bonds is 5. The van der Waals surface area contributed by atoms with Gasteiger partial charge in [0, 0.05) is 15.6 Å². The van der Waals surface area contributed by atoms with Crippen LogP contribution >= 0.6 is 15.9 Å². The van der Waals surface area contributed by atoms with E-state index in [9.17, 15) is 19.2 Å². The first-order chi connectivity index (χ1) is 18.0. The molecule has 0 aliphatic carbocycles. The summed E-state index contributed by atoms with van der Waals surface area (Å²) in [4.78, 5) is 55.9. The highest BCUT2D eigenvalue weighted by molar-refractivity contribution is 9.10. The second-order valence-corrected chi connectivity index (χ2v) is 9.84. The highest BCUT2D eigenvalue weighted by Gasteiger charge is 2.56. The van der Waals surface area contributed by atoms with Crippen molar-refractivity contribution in [1.82, 2.24) is 4.90 Å². The van der Waals surface area contributed by atoms with Gasteiger partial charge in [-0.25, -0.2) is 4.90 Å². The predicted octanol–water partition coefficient (Wildman–Crippen LogP) is 5.70. The van der Waals surface area contributed by atoms with E-state index in [1.165, 1.54) is 12.1 Å². The molecule has 7 heteroatoms. The van der Waals surface area contributed by atoms with Crippen LogP contribution in [-0.2, 0) is 0 Å². The molecule has 180 valence electrons. The van der Waals surface area contributed by atoms with Gasteiger partial charge in [0.15, 0.2) is 5.78 Å². The molecular weight excluding hydrogens is 532 g/mol. The van der Waals surface area contributed by atoms with Crippen LogP contribution in [0.15, 0.2) is 108 Å². The van der Waals surface area contributed by atoms with Gasteiger partial charge in [-0.3, -0.25) is 19.2 Å². The Morgan fingerprint density at radius 3 is 1.97 bits per heavy atom. The fraction of sp³-hybridized carbons (Fsp3) is 0.0667. The van der Waals surface area contributed by atoms with Crippen LogP contribution in [0.25, 0.3) is 0 Å². The third-order valence-electron chi connectivity index (χ3n) is 6.73. The maximum atomic E-state index is 13.7. The molecule has 2 atom stereocenters. The smallest absolute Gasteiger partial charge is 0.266 e. The lowest BCUT2D eigenvalue weighted by molar-refractivity contribution is 0.0833. The highest BCUT2D eigenvalue weighted by atomic mass is 79.9. The summed E-state index contributed by atoms with van der Waals surface area (Å²) in [6, 6.07) is 28.6. The minimum Gasteiger partial charge on any atom is -0.316 e. The van der Waals surface area contributed by atoms with Crippen LogP contribution in [0.3, 0.4) is 0 Å². The van der Waals surface area contributed by atoms with Crippen LogP contribution in [0.5, 0.6) is 0 Å². The standard InChI is InChI=1S/C30H19BrN2O4/c31-21-12-14-22(15-13-21)32-29(36)23-16-11-20(17-24(23)30(32)37)28(35)33-25(18-7-3-1-4-8-18)26(33)27(34)19-9-5-2-6-10-19/h1-17,25-26H/t25-,26-,33?/m1/s1. The van der Waals surface area contributed by atoms with Gasteiger partial charge in [-0.05, 0) is 48.0 Å². The molecule has 4 aromatic rings. The minimum atomic E-state index is -0.651. The topological polar surface area (TPSA) is 74.5 Å². The maximum absolute atomic E-state index is 13.7. The van der Waals surface area contributed by atoms with Crippen molar-refractivity contribution in [2.75, 3.05) is 4.90 Å². The van der Waals surface area contributed by atoms with Gasteiger partial charge >= 0.3 is 0 Å². The lowest BCUT2D eigenvalue weighted by Gasteiger charge is -2.13. The number of imide groups is 1. The summed E-state index contributed by atoms with van der Waals surface area (Å²) in [6.07, 6.45) is 0. The number of carbonyl (C=O) groups is 4. The number of nitrogens with zero attached hydrogens (tertiary/aromatic N) is 2. The lowest BCUT2D eigenvalue weighted by atomic mass is 10.0. The van der Waals surface area contributed by atoms with E-state index < -0.39 is 23.9 Å². The molecule has 0 radical (unpaired) electrons. The average molecular weight is 551 g/mol. The number of hydrogen-bond acceptors (Lipinski definition) is 4. The molecule has 1 fully saturated rings. The van der Waals surface area contributed by atoms with E-state index in [1.54, 1.807) is 59.5 Å². The zero-order valence-corrected chi connectivity index (χ0v) is 21.0. The van der Waals surface area contributed by atoms with Crippen LogP contribution in [0.4, 0.5) is 5.69 Å². The molecule has 2 aliphatic heterocycles. The first-order valence-electron chi connectivity index (χ1n) is 11.7. The molecule has 2 aliphatic rings. The SMILES string of the molecule is O=C(c1ccccc1)[C@H]1[C@@H](c2ccccc2)N1C(=O)c1ccc2c(c1)C(=O)N(c1ccc(Br)cc1)C2=O. The van der Waals surface area contributed by atoms with Gasteiger partial charge in [0.2, 0.25) is 0 Å². The van der Waals surface area contributed by atoms with Crippen molar-refractivity contribution >= 4 is 45.1 Å². The third kappa shape index (κ3) is 3.88. The summed E-state index contributed by atoms with van der Waals surface area (Å²) >= 11 is 3.35. The van der Waals surface area contributed by atoms with E-state index in [2.05, 4.69) is 15.9 Å². The monoisotopic (exact) mass is 550 g/mol. The van der Waals surface area contributed by atoms with Gasteiger partial charge in [0.05, 0.1) is 22.9 Å². The van der Waals surface area contributed by atoms with E-state index in [-0.39, 0.29) is 28.4 Å². The third-order valence-corrected chi connectivity index (χ3v) is 7.26. The van der Waals surface area contributed by atoms with Gasteiger partial charge in [0.25, 0.3) is 17.7 Å². The first kappa shape index (κ1) is 23.1. The number of fused-ring (bicyclic) bond motifs is 1. The van der Waals surface area contributed by atoms with Crippen molar-refractivity contribution in [1.29, 1.82) is 0 Å². The molecule has 0 bridgehead atoms. The number of ketones is 1. The molecule has 0 N–H and O–H groups in total. The minimum absolute atomic E-state index is 0.142. The van der Waals surface area contributed by atoms with Crippen LogP contribution in [0, 0.1) is 0 Å². The number of amides is 3. The van der Waals surface area contributed by atoms with Gasteiger partial charge in [-0.2, -0.15) is 0 Å². The summed E-state index contributed by atoms with van der Waals surface area (Å²) in [6.45, 7) is 0. The Kier molecular flexibility index (Phi) is 5.57. The van der Waals surface area contributed by atoms with Crippen molar-refractivity contribution in [3.05, 3.63) is 135 Å². The largest absolute Gasteiger partial charge is 0.316 e. The van der Waals surface area contributed by atoms with E-state index in [0.717, 1.165) is 14.9 Å². The lowest BCUT2D eigenvalue weighted by Crippen LogP contribution is -2.29. The van der Waals surface area contributed by atoms with Crippen LogP contribution in [0.2, 0.25) is 0 Å². The van der Waals surface area contributed by atoms with Crippen molar-refractivity contribution in [3.8, 4) is 0 Å². The fourth-order valence-electron chi connectivity index (χ4n) is 4.87. The van der Waals surface area contributed by atoms with Gasteiger partial charge < -0.3 is 4.90 Å². The Morgan fingerprint density at radius 1 is 0.676 bits per heavy atom. The molecule has 6 nitrogen and oxygen atoms in total. The summed E-state index contributed by atoms with van der Waals surface area (Å²) in [5, 5.41) is 0. The van der Waals surface area contributed by atoms with E-state index in [0.29, 0.717) is 11.3 Å². The molecule has 0 spiro atoms. The van der Waals surface area contributed by atoms with Gasteiger partial charge in [-0.15, -0.1) is 0 Å². The Balaban J connectivity index is 1.33. The molecule has 1 saturated heterocycles. The maximum Gasteiger partial charge on any atom is 0.266 e. The summed E-state index contributed by atoms with van der Waals surface area (Å²) < 4.78 is 0.826. The van der Waals surface area contributed by atoms with E-state index >= 15 is 0 Å².